The van der Waals surface area contributed by atoms with Gasteiger partial charge in [-0.05, 0) is 23.8 Å². The Morgan fingerprint density at radius 3 is 2.52 bits per heavy atom. The first kappa shape index (κ1) is 15.1. The van der Waals surface area contributed by atoms with Crippen molar-refractivity contribution in [1.82, 2.24) is 5.32 Å². The van der Waals surface area contributed by atoms with Gasteiger partial charge in [0.25, 0.3) is 0 Å². The van der Waals surface area contributed by atoms with Gasteiger partial charge in [0, 0.05) is 18.7 Å². The smallest absolute Gasteiger partial charge is 0.229 e. The van der Waals surface area contributed by atoms with Gasteiger partial charge in [-0.1, -0.05) is 30.3 Å². The number of nitrogens with two attached hydrogens (primary N) is 1. The molecule has 3 nitrogen and oxygen atoms in total. The fourth-order valence-corrected chi connectivity index (χ4v) is 2.06. The summed E-state index contributed by atoms with van der Waals surface area (Å²) in [6, 6.07) is 12.2. The number of rotatable bonds is 5. The minimum Gasteiger partial charge on any atom is -0.351 e. The highest BCUT2D eigenvalue weighted by molar-refractivity contribution is 5.83. The average Bonchev–Trinajstić information content (AvgIpc) is 2.50. The van der Waals surface area contributed by atoms with Gasteiger partial charge in [0.1, 0.15) is 11.6 Å². The van der Waals surface area contributed by atoms with Crippen LogP contribution in [0.3, 0.4) is 0 Å². The third-order valence-electron chi connectivity index (χ3n) is 3.21. The zero-order chi connectivity index (χ0) is 15.2. The summed E-state index contributed by atoms with van der Waals surface area (Å²) < 4.78 is 26.5. The van der Waals surface area contributed by atoms with E-state index in [1.165, 1.54) is 0 Å². The number of carbonyl (C=O) groups is 1. The minimum absolute atomic E-state index is 0.0776. The molecule has 0 saturated carbocycles. The Bertz CT molecular complexity index is 617. The van der Waals surface area contributed by atoms with E-state index in [1.807, 2.05) is 18.2 Å². The Balaban J connectivity index is 2.05. The normalized spacial score (nSPS) is 12.0. The molecule has 110 valence electrons. The van der Waals surface area contributed by atoms with Crippen LogP contribution < -0.4 is 11.1 Å². The molecule has 0 heterocycles. The van der Waals surface area contributed by atoms with E-state index >= 15 is 0 Å². The number of hydrogen-bond acceptors (Lipinski definition) is 2. The van der Waals surface area contributed by atoms with Crippen LogP contribution in [0.1, 0.15) is 17.0 Å². The molecule has 2 aromatic rings. The lowest BCUT2D eigenvalue weighted by molar-refractivity contribution is -0.122. The number of nitrogens with one attached hydrogen (secondary N) is 1. The molecule has 0 spiro atoms. The molecule has 0 aliphatic heterocycles. The molecule has 0 fully saturated rings. The van der Waals surface area contributed by atoms with Gasteiger partial charge in [0.2, 0.25) is 5.91 Å². The molecule has 0 aliphatic rings. The first-order chi connectivity index (χ1) is 10.1. The third-order valence-corrected chi connectivity index (χ3v) is 3.21. The minimum atomic E-state index is -0.555. The summed E-state index contributed by atoms with van der Waals surface area (Å²) in [5, 5.41) is 2.59. The van der Waals surface area contributed by atoms with Crippen molar-refractivity contribution in [3.63, 3.8) is 0 Å². The Labute approximate surface area is 121 Å². The molecule has 3 N–H and O–H groups in total. The zero-order valence-corrected chi connectivity index (χ0v) is 11.4. The van der Waals surface area contributed by atoms with Crippen LogP contribution >= 0.6 is 0 Å². The Kier molecular flexibility index (Phi) is 5.00. The van der Waals surface area contributed by atoms with Crippen LogP contribution in [0, 0.1) is 11.6 Å². The lowest BCUT2D eigenvalue weighted by Crippen LogP contribution is -2.33. The van der Waals surface area contributed by atoms with Crippen molar-refractivity contribution in [2.75, 3.05) is 6.54 Å². The van der Waals surface area contributed by atoms with Crippen molar-refractivity contribution < 1.29 is 13.6 Å². The van der Waals surface area contributed by atoms with Crippen molar-refractivity contribution in [2.24, 2.45) is 5.73 Å². The average molecular weight is 290 g/mol. The van der Waals surface area contributed by atoms with Crippen molar-refractivity contribution >= 4 is 5.91 Å². The zero-order valence-electron chi connectivity index (χ0n) is 11.4. The second-order valence-electron chi connectivity index (χ2n) is 4.65. The Morgan fingerprint density at radius 2 is 1.86 bits per heavy atom. The van der Waals surface area contributed by atoms with Gasteiger partial charge >= 0.3 is 0 Å². The summed E-state index contributed by atoms with van der Waals surface area (Å²) in [6.45, 7) is 0.0627. The molecular formula is C16H16F2N2O. The predicted molar refractivity (Wildman–Crippen MR) is 76.4 cm³/mol. The highest BCUT2D eigenvalue weighted by Gasteiger charge is 2.18. The van der Waals surface area contributed by atoms with Crippen molar-refractivity contribution in [1.29, 1.82) is 0 Å². The van der Waals surface area contributed by atoms with Crippen LogP contribution in [-0.2, 0) is 11.3 Å². The van der Waals surface area contributed by atoms with Gasteiger partial charge in [-0.15, -0.1) is 0 Å². The fraction of sp³-hybridized carbons (Fsp3) is 0.188. The number of benzene rings is 2. The first-order valence-electron chi connectivity index (χ1n) is 6.58. The highest BCUT2D eigenvalue weighted by Crippen LogP contribution is 2.15. The van der Waals surface area contributed by atoms with Crippen LogP contribution in [0.5, 0.6) is 0 Å². The largest absolute Gasteiger partial charge is 0.351 e. The van der Waals surface area contributed by atoms with Gasteiger partial charge in [-0.3, -0.25) is 4.79 Å². The second kappa shape index (κ2) is 6.95. The molecule has 0 saturated heterocycles. The lowest BCUT2D eigenvalue weighted by atomic mass is 9.98. The fourth-order valence-electron chi connectivity index (χ4n) is 2.06. The maximum Gasteiger partial charge on any atom is 0.229 e. The molecule has 1 amide bonds. The van der Waals surface area contributed by atoms with Gasteiger partial charge in [0.05, 0.1) is 5.92 Å². The summed E-state index contributed by atoms with van der Waals surface area (Å²) in [7, 11) is 0. The molecule has 5 heteroatoms. The number of hydrogen-bond donors (Lipinski definition) is 2. The Morgan fingerprint density at radius 1 is 1.14 bits per heavy atom. The summed E-state index contributed by atoms with van der Waals surface area (Å²) in [6.07, 6.45) is 0. The van der Waals surface area contributed by atoms with Crippen molar-refractivity contribution in [3.8, 4) is 0 Å². The lowest BCUT2D eigenvalue weighted by Gasteiger charge is -2.15. The molecular weight excluding hydrogens is 274 g/mol. The summed E-state index contributed by atoms with van der Waals surface area (Å²) >= 11 is 0. The molecule has 1 unspecified atom stereocenters. The van der Waals surface area contributed by atoms with E-state index in [4.69, 9.17) is 5.73 Å². The first-order valence-corrected chi connectivity index (χ1v) is 6.58. The molecule has 2 aromatic carbocycles. The standard InChI is InChI=1S/C16H16F2N2O/c17-13-6-7-15(18)12(8-13)10-20-16(21)14(9-19)11-4-2-1-3-5-11/h1-8,14H,9-10,19H2,(H,20,21). The Hall–Kier alpha value is -2.27. The van der Waals surface area contributed by atoms with Crippen LogP contribution in [0.15, 0.2) is 48.5 Å². The van der Waals surface area contributed by atoms with E-state index in [0.29, 0.717) is 0 Å². The molecule has 0 radical (unpaired) electrons. The van der Waals surface area contributed by atoms with E-state index < -0.39 is 17.6 Å². The summed E-state index contributed by atoms with van der Waals surface area (Å²) in [4.78, 5) is 12.1. The summed E-state index contributed by atoms with van der Waals surface area (Å²) in [5.74, 6) is -1.92. The van der Waals surface area contributed by atoms with E-state index in [0.717, 1.165) is 23.8 Å². The number of amides is 1. The van der Waals surface area contributed by atoms with E-state index in [-0.39, 0.29) is 24.6 Å². The maximum atomic E-state index is 13.5. The molecule has 0 aromatic heterocycles. The monoisotopic (exact) mass is 290 g/mol. The van der Waals surface area contributed by atoms with Gasteiger partial charge in [0.15, 0.2) is 0 Å². The van der Waals surface area contributed by atoms with Crippen molar-refractivity contribution in [2.45, 2.75) is 12.5 Å². The van der Waals surface area contributed by atoms with E-state index in [2.05, 4.69) is 5.32 Å². The molecule has 0 aliphatic carbocycles. The molecule has 0 bridgehead atoms. The SMILES string of the molecule is NCC(C(=O)NCc1cc(F)ccc1F)c1ccccc1. The van der Waals surface area contributed by atoms with Crippen LogP contribution in [0.4, 0.5) is 8.78 Å². The van der Waals surface area contributed by atoms with Gasteiger partial charge in [-0.2, -0.15) is 0 Å². The van der Waals surface area contributed by atoms with Gasteiger partial charge < -0.3 is 11.1 Å². The topological polar surface area (TPSA) is 55.1 Å². The predicted octanol–water partition coefficient (Wildman–Crippen LogP) is 2.32. The third kappa shape index (κ3) is 3.86. The number of halogens is 2. The highest BCUT2D eigenvalue weighted by atomic mass is 19.1. The van der Waals surface area contributed by atoms with E-state index in [9.17, 15) is 13.6 Å². The quantitative estimate of drug-likeness (QED) is 0.888. The van der Waals surface area contributed by atoms with E-state index in [1.54, 1.807) is 12.1 Å². The molecule has 21 heavy (non-hydrogen) atoms. The van der Waals surface area contributed by atoms with Crippen LogP contribution in [0.2, 0.25) is 0 Å². The van der Waals surface area contributed by atoms with Crippen LogP contribution in [0.25, 0.3) is 0 Å². The summed E-state index contributed by atoms with van der Waals surface area (Å²) in [5.41, 5.74) is 6.53. The van der Waals surface area contributed by atoms with Gasteiger partial charge in [-0.25, -0.2) is 8.78 Å². The van der Waals surface area contributed by atoms with Crippen LogP contribution in [-0.4, -0.2) is 12.5 Å². The molecule has 1 atom stereocenters. The number of carbonyl (C=O) groups excluding carboxylic acids is 1. The van der Waals surface area contributed by atoms with Crippen molar-refractivity contribution in [3.05, 3.63) is 71.3 Å². The maximum absolute atomic E-state index is 13.5. The second-order valence-corrected chi connectivity index (χ2v) is 4.65. The molecule has 2 rings (SSSR count).